The second-order valence-electron chi connectivity index (χ2n) is 12.6. The highest BCUT2D eigenvalue weighted by atomic mass is 32.2. The summed E-state index contributed by atoms with van der Waals surface area (Å²) in [7, 11) is -7.90. The van der Waals surface area contributed by atoms with E-state index >= 15 is 0 Å². The highest BCUT2D eigenvalue weighted by Gasteiger charge is 2.34. The molecule has 11 nitrogen and oxygen atoms in total. The third-order valence-corrected chi connectivity index (χ3v) is 11.6. The summed E-state index contributed by atoms with van der Waals surface area (Å²) in [4.78, 5) is 17.8. The third-order valence-electron chi connectivity index (χ3n) is 8.65. The minimum atomic E-state index is -4.17. The second-order valence-corrected chi connectivity index (χ2v) is 15.9. The third kappa shape index (κ3) is 10.5. The highest BCUT2D eigenvalue weighted by Crippen LogP contribution is 2.37. The number of para-hydroxylation sites is 1. The van der Waals surface area contributed by atoms with Crippen LogP contribution in [0.2, 0.25) is 0 Å². The second kappa shape index (κ2) is 18.2. The zero-order chi connectivity index (χ0) is 36.1. The van der Waals surface area contributed by atoms with Gasteiger partial charge in [-0.25, -0.2) is 26.5 Å². The Labute approximate surface area is 301 Å². The van der Waals surface area contributed by atoms with E-state index in [-0.39, 0.29) is 34.7 Å². The number of nitrogens with one attached hydrogen (secondary N) is 3. The van der Waals surface area contributed by atoms with Gasteiger partial charge in [-0.3, -0.25) is 14.1 Å². The number of hydrogen-bond donors (Lipinski definition) is 3. The molecule has 5 rings (SSSR count). The smallest absolute Gasteiger partial charge is 0.265 e. The fourth-order valence-corrected chi connectivity index (χ4v) is 8.53. The van der Waals surface area contributed by atoms with Gasteiger partial charge in [0, 0.05) is 29.9 Å². The maximum atomic E-state index is 13.8. The molecular weight excluding hydrogens is 687 g/mol. The minimum absolute atomic E-state index is 0.00569. The normalized spacial score (nSPS) is 12.9. The van der Waals surface area contributed by atoms with E-state index in [1.807, 2.05) is 6.07 Å². The maximum absolute atomic E-state index is 13.8. The van der Waals surface area contributed by atoms with Gasteiger partial charge in [0.05, 0.1) is 11.4 Å². The summed E-state index contributed by atoms with van der Waals surface area (Å²) >= 11 is 0. The van der Waals surface area contributed by atoms with Gasteiger partial charge in [-0.05, 0) is 36.2 Å². The van der Waals surface area contributed by atoms with Crippen molar-refractivity contribution in [3.63, 3.8) is 0 Å². The lowest BCUT2D eigenvalue weighted by atomic mass is 10.1. The number of rotatable bonds is 21. The Hall–Kier alpha value is -4.46. The average Bonchev–Trinajstić information content (AvgIpc) is 3.53. The summed E-state index contributed by atoms with van der Waals surface area (Å²) in [6, 6.07) is 24.9. The SMILES string of the molecule is CCCCCCCCCCCCNS(=O)(=O)c1cccc(OCNc2cc(=O)n3c(n2)C(S(=O)(=O)Nc2ccccc2)=C(c2ccccc2)C3)c1. The molecule has 1 aliphatic heterocycles. The zero-order valence-electron chi connectivity index (χ0n) is 29.0. The molecule has 0 fully saturated rings. The first-order valence-electron chi connectivity index (χ1n) is 17.6. The van der Waals surface area contributed by atoms with Gasteiger partial charge < -0.3 is 10.1 Å². The van der Waals surface area contributed by atoms with E-state index in [9.17, 15) is 21.6 Å². The van der Waals surface area contributed by atoms with Crippen LogP contribution < -0.4 is 25.1 Å². The van der Waals surface area contributed by atoms with Gasteiger partial charge in [-0.1, -0.05) is 119 Å². The van der Waals surface area contributed by atoms with Crippen molar-refractivity contribution in [1.29, 1.82) is 0 Å². The summed E-state index contributed by atoms with van der Waals surface area (Å²) in [5.74, 6) is 0.396. The molecule has 51 heavy (non-hydrogen) atoms. The maximum Gasteiger partial charge on any atom is 0.265 e. The van der Waals surface area contributed by atoms with Crippen molar-refractivity contribution in [3.8, 4) is 5.75 Å². The summed E-state index contributed by atoms with van der Waals surface area (Å²) in [6.07, 6.45) is 11.7. The van der Waals surface area contributed by atoms with Crippen LogP contribution in [0.5, 0.6) is 5.75 Å². The van der Waals surface area contributed by atoms with Crippen LogP contribution in [0.1, 0.15) is 82.5 Å². The summed E-state index contributed by atoms with van der Waals surface area (Å²) in [6.45, 7) is 2.45. The van der Waals surface area contributed by atoms with Crippen LogP contribution in [-0.2, 0) is 26.6 Å². The molecule has 3 N–H and O–H groups in total. The molecule has 0 atom stereocenters. The number of nitrogens with zero attached hydrogens (tertiary/aromatic N) is 2. The number of fused-ring (bicyclic) bond motifs is 1. The molecule has 1 aromatic heterocycles. The summed E-state index contributed by atoms with van der Waals surface area (Å²) in [5.41, 5.74) is 1.03. The Morgan fingerprint density at radius 2 is 1.39 bits per heavy atom. The molecule has 0 amide bonds. The lowest BCUT2D eigenvalue weighted by Gasteiger charge is -2.13. The first-order valence-corrected chi connectivity index (χ1v) is 20.6. The lowest BCUT2D eigenvalue weighted by Crippen LogP contribution is -2.25. The standard InChI is InChI=1S/C38H47N5O6S2/c1-2-3-4-5-6-7-8-9-10-17-25-40-50(45,46)33-24-18-23-32(26-33)49-29-39-35-27-36(44)43-28-34(30-19-13-11-14-20-30)37(38(43)41-35)51(47,48)42-31-21-15-12-16-22-31/h11-16,18-24,26-27,39-40,42H,2-10,17,25,28-29H2,1H3. The molecule has 0 radical (unpaired) electrons. The van der Waals surface area contributed by atoms with Gasteiger partial charge in [-0.15, -0.1) is 0 Å². The molecular formula is C38H47N5O6S2. The van der Waals surface area contributed by atoms with Gasteiger partial charge in [0.25, 0.3) is 15.6 Å². The van der Waals surface area contributed by atoms with Crippen molar-refractivity contribution in [2.24, 2.45) is 0 Å². The predicted molar refractivity (Wildman–Crippen MR) is 203 cm³/mol. The van der Waals surface area contributed by atoms with Crippen LogP contribution in [0.25, 0.3) is 10.5 Å². The summed E-state index contributed by atoms with van der Waals surface area (Å²) in [5, 5.41) is 2.92. The Morgan fingerprint density at radius 3 is 2.08 bits per heavy atom. The molecule has 1 aliphatic rings. The van der Waals surface area contributed by atoms with Crippen LogP contribution in [0.3, 0.4) is 0 Å². The molecule has 2 heterocycles. The van der Waals surface area contributed by atoms with Crippen molar-refractivity contribution in [1.82, 2.24) is 14.3 Å². The lowest BCUT2D eigenvalue weighted by molar-refractivity contribution is 0.345. The number of hydrogen-bond acceptors (Lipinski definition) is 8. The number of anilines is 2. The zero-order valence-corrected chi connectivity index (χ0v) is 30.6. The van der Waals surface area contributed by atoms with E-state index in [1.54, 1.807) is 66.7 Å². The molecule has 0 spiro atoms. The van der Waals surface area contributed by atoms with E-state index in [1.165, 1.54) is 67.7 Å². The van der Waals surface area contributed by atoms with Crippen LogP contribution in [-0.4, -0.2) is 39.7 Å². The number of unbranched alkanes of at least 4 members (excludes halogenated alkanes) is 9. The van der Waals surface area contributed by atoms with Gasteiger partial charge in [0.1, 0.15) is 16.5 Å². The number of ether oxygens (including phenoxy) is 1. The molecule has 272 valence electrons. The van der Waals surface area contributed by atoms with Gasteiger partial charge in [0.2, 0.25) is 10.0 Å². The molecule has 0 aliphatic carbocycles. The Kier molecular flexibility index (Phi) is 13.5. The largest absolute Gasteiger partial charge is 0.473 e. The molecule has 0 saturated carbocycles. The molecule has 13 heteroatoms. The van der Waals surface area contributed by atoms with E-state index in [0.29, 0.717) is 29.1 Å². The summed E-state index contributed by atoms with van der Waals surface area (Å²) < 4.78 is 66.0. The molecule has 0 saturated heterocycles. The van der Waals surface area contributed by atoms with Crippen molar-refractivity contribution in [2.75, 3.05) is 23.3 Å². The van der Waals surface area contributed by atoms with Gasteiger partial charge in [0.15, 0.2) is 12.6 Å². The van der Waals surface area contributed by atoms with Gasteiger partial charge >= 0.3 is 0 Å². The van der Waals surface area contributed by atoms with Crippen LogP contribution in [0, 0.1) is 0 Å². The van der Waals surface area contributed by atoms with Crippen LogP contribution in [0.4, 0.5) is 11.5 Å². The van der Waals surface area contributed by atoms with Crippen molar-refractivity contribution in [2.45, 2.75) is 82.6 Å². The molecule has 0 unspecified atom stereocenters. The molecule has 0 bridgehead atoms. The van der Waals surface area contributed by atoms with Crippen molar-refractivity contribution < 1.29 is 21.6 Å². The van der Waals surface area contributed by atoms with E-state index in [0.717, 1.165) is 19.3 Å². The van der Waals surface area contributed by atoms with Crippen molar-refractivity contribution in [3.05, 3.63) is 113 Å². The van der Waals surface area contributed by atoms with E-state index in [2.05, 4.69) is 26.7 Å². The first kappa shape index (κ1) is 37.8. The van der Waals surface area contributed by atoms with E-state index in [4.69, 9.17) is 4.74 Å². The average molecular weight is 734 g/mol. The monoisotopic (exact) mass is 733 g/mol. The highest BCUT2D eigenvalue weighted by molar-refractivity contribution is 8.02. The topological polar surface area (TPSA) is 148 Å². The number of aromatic nitrogens is 2. The minimum Gasteiger partial charge on any atom is -0.473 e. The fraction of sp³-hybridized carbons (Fsp3) is 0.368. The Balaban J connectivity index is 1.20. The number of sulfonamides is 2. The predicted octanol–water partition coefficient (Wildman–Crippen LogP) is 7.21. The molecule has 4 aromatic rings. The van der Waals surface area contributed by atoms with Crippen LogP contribution in [0.15, 0.2) is 101 Å². The van der Waals surface area contributed by atoms with E-state index < -0.39 is 25.6 Å². The van der Waals surface area contributed by atoms with Crippen molar-refractivity contribution >= 4 is 42.0 Å². The molecule has 3 aromatic carbocycles. The quantitative estimate of drug-likeness (QED) is 0.0601. The van der Waals surface area contributed by atoms with Gasteiger partial charge in [-0.2, -0.15) is 0 Å². The van der Waals surface area contributed by atoms with Crippen LogP contribution >= 0.6 is 0 Å². The fourth-order valence-electron chi connectivity index (χ4n) is 5.97. The Bertz CT molecular complexity index is 2050. The first-order chi connectivity index (χ1) is 24.7. The number of benzene rings is 3. The Morgan fingerprint density at radius 1 is 0.745 bits per heavy atom. The number of allylic oxidation sites excluding steroid dienone is 1.